The average molecular weight is 479 g/mol. The standard InChI is InChI=1S/C26H30N4O3S/c1-17-16-20(18(2)30(17)22-12-6-5-10-19(22)25(31)33-4)24-23(21-11-7-8-13-27-21)28-26(34)29(24)14-9-15-32-3/h5-8,10-13,16,23-24H,9,14-15H2,1-4H3,(H,28,34)/t23-,24-/m1/s1. The first-order valence-electron chi connectivity index (χ1n) is 11.3. The largest absolute Gasteiger partial charge is 0.465 e. The second kappa shape index (κ2) is 10.4. The quantitative estimate of drug-likeness (QED) is 0.294. The topological polar surface area (TPSA) is 68.6 Å². The molecule has 34 heavy (non-hydrogen) atoms. The molecule has 178 valence electrons. The SMILES string of the molecule is COCCCN1C(=S)N[C@H](c2ccccn2)[C@H]1c1cc(C)n(-c2ccccc2C(=O)OC)c1C. The Balaban J connectivity index is 1.82. The number of aryl methyl sites for hydroxylation is 1. The summed E-state index contributed by atoms with van der Waals surface area (Å²) in [6.45, 7) is 5.55. The molecule has 1 fully saturated rings. The van der Waals surface area contributed by atoms with E-state index in [4.69, 9.17) is 21.7 Å². The van der Waals surface area contributed by atoms with Crippen molar-refractivity contribution in [3.63, 3.8) is 0 Å². The molecule has 0 saturated carbocycles. The van der Waals surface area contributed by atoms with Gasteiger partial charge in [-0.05, 0) is 68.4 Å². The number of nitrogens with zero attached hydrogens (tertiary/aromatic N) is 3. The molecule has 7 nitrogen and oxygen atoms in total. The number of rotatable bonds is 8. The van der Waals surface area contributed by atoms with Gasteiger partial charge in [0.25, 0.3) is 0 Å². The Bertz CT molecular complexity index is 1180. The summed E-state index contributed by atoms with van der Waals surface area (Å²) in [6, 6.07) is 15.5. The second-order valence-corrected chi connectivity index (χ2v) is 8.72. The summed E-state index contributed by atoms with van der Waals surface area (Å²) < 4.78 is 12.4. The number of nitrogens with one attached hydrogen (secondary N) is 1. The highest BCUT2D eigenvalue weighted by molar-refractivity contribution is 7.80. The molecule has 1 N–H and O–H groups in total. The molecule has 0 amide bonds. The maximum absolute atomic E-state index is 12.5. The summed E-state index contributed by atoms with van der Waals surface area (Å²) >= 11 is 5.77. The first kappa shape index (κ1) is 23.9. The lowest BCUT2D eigenvalue weighted by Gasteiger charge is -2.28. The van der Waals surface area contributed by atoms with E-state index in [0.717, 1.165) is 41.3 Å². The van der Waals surface area contributed by atoms with Gasteiger partial charge in [-0.2, -0.15) is 0 Å². The lowest BCUT2D eigenvalue weighted by Crippen LogP contribution is -2.31. The maximum Gasteiger partial charge on any atom is 0.339 e. The van der Waals surface area contributed by atoms with Crippen LogP contribution in [0.2, 0.25) is 0 Å². The third-order valence-electron chi connectivity index (χ3n) is 6.28. The zero-order valence-corrected chi connectivity index (χ0v) is 20.8. The van der Waals surface area contributed by atoms with Gasteiger partial charge in [0, 0.05) is 37.8 Å². The van der Waals surface area contributed by atoms with E-state index in [-0.39, 0.29) is 18.1 Å². The van der Waals surface area contributed by atoms with Gasteiger partial charge < -0.3 is 24.3 Å². The van der Waals surface area contributed by atoms with Gasteiger partial charge in [0.1, 0.15) is 0 Å². The van der Waals surface area contributed by atoms with Crippen LogP contribution in [0.15, 0.2) is 54.7 Å². The van der Waals surface area contributed by atoms with Crippen molar-refractivity contribution in [3.8, 4) is 5.69 Å². The van der Waals surface area contributed by atoms with E-state index < -0.39 is 0 Å². The molecular formula is C26H30N4O3S. The molecule has 0 aliphatic carbocycles. The number of carbonyl (C=O) groups excluding carboxylic acids is 1. The van der Waals surface area contributed by atoms with Crippen LogP contribution in [0.3, 0.4) is 0 Å². The minimum Gasteiger partial charge on any atom is -0.465 e. The van der Waals surface area contributed by atoms with Gasteiger partial charge in [-0.3, -0.25) is 4.98 Å². The summed E-state index contributed by atoms with van der Waals surface area (Å²) in [6.07, 6.45) is 2.66. The molecule has 1 aromatic carbocycles. The monoisotopic (exact) mass is 478 g/mol. The fourth-order valence-corrected chi connectivity index (χ4v) is 5.10. The Morgan fingerprint density at radius 2 is 1.91 bits per heavy atom. The van der Waals surface area contributed by atoms with Gasteiger partial charge in [0.2, 0.25) is 0 Å². The van der Waals surface area contributed by atoms with E-state index in [1.807, 2.05) is 36.4 Å². The number of hydrogen-bond acceptors (Lipinski definition) is 5. The van der Waals surface area contributed by atoms with Crippen molar-refractivity contribution in [2.24, 2.45) is 0 Å². The maximum atomic E-state index is 12.5. The van der Waals surface area contributed by atoms with Crippen LogP contribution >= 0.6 is 12.2 Å². The fourth-order valence-electron chi connectivity index (χ4n) is 4.77. The summed E-state index contributed by atoms with van der Waals surface area (Å²) in [5.41, 5.74) is 5.46. The summed E-state index contributed by atoms with van der Waals surface area (Å²) in [4.78, 5) is 19.3. The predicted octanol–water partition coefficient (Wildman–Crippen LogP) is 4.28. The van der Waals surface area contributed by atoms with Gasteiger partial charge in [0.15, 0.2) is 5.11 Å². The zero-order valence-electron chi connectivity index (χ0n) is 19.9. The van der Waals surface area contributed by atoms with E-state index >= 15 is 0 Å². The summed E-state index contributed by atoms with van der Waals surface area (Å²) in [7, 11) is 3.11. The van der Waals surface area contributed by atoms with Crippen molar-refractivity contribution < 1.29 is 14.3 Å². The molecule has 0 spiro atoms. The van der Waals surface area contributed by atoms with Crippen LogP contribution < -0.4 is 5.32 Å². The smallest absolute Gasteiger partial charge is 0.339 e. The first-order valence-corrected chi connectivity index (χ1v) is 11.7. The van der Waals surface area contributed by atoms with Crippen LogP contribution in [0, 0.1) is 13.8 Å². The van der Waals surface area contributed by atoms with Crippen molar-refractivity contribution in [2.45, 2.75) is 32.4 Å². The Kier molecular flexibility index (Phi) is 7.29. The summed E-state index contributed by atoms with van der Waals surface area (Å²) in [5, 5.41) is 4.21. The molecule has 1 saturated heterocycles. The summed E-state index contributed by atoms with van der Waals surface area (Å²) in [5.74, 6) is -0.360. The molecule has 1 aliphatic rings. The number of esters is 1. The van der Waals surface area contributed by atoms with E-state index in [0.29, 0.717) is 17.3 Å². The first-order chi connectivity index (χ1) is 16.5. The van der Waals surface area contributed by atoms with Crippen LogP contribution in [0.4, 0.5) is 0 Å². The van der Waals surface area contributed by atoms with Gasteiger partial charge in [-0.15, -0.1) is 0 Å². The molecule has 4 rings (SSSR count). The Morgan fingerprint density at radius 3 is 2.62 bits per heavy atom. The number of carbonyl (C=O) groups is 1. The van der Waals surface area contributed by atoms with Crippen LogP contribution in [-0.2, 0) is 9.47 Å². The lowest BCUT2D eigenvalue weighted by molar-refractivity contribution is 0.0600. The van der Waals surface area contributed by atoms with Gasteiger partial charge in [0.05, 0.1) is 36.1 Å². The molecule has 8 heteroatoms. The van der Waals surface area contributed by atoms with E-state index in [9.17, 15) is 4.79 Å². The zero-order chi connectivity index (χ0) is 24.2. The molecule has 2 aromatic heterocycles. The normalized spacial score (nSPS) is 17.6. The highest BCUT2D eigenvalue weighted by atomic mass is 32.1. The molecule has 3 aromatic rings. The Hall–Kier alpha value is -3.23. The Labute approximate surface area is 205 Å². The van der Waals surface area contributed by atoms with Gasteiger partial charge in [-0.25, -0.2) is 4.79 Å². The number of pyridine rings is 1. The number of aromatic nitrogens is 2. The second-order valence-electron chi connectivity index (χ2n) is 8.34. The van der Waals surface area contributed by atoms with Crippen molar-refractivity contribution in [2.75, 3.05) is 27.4 Å². The molecule has 3 heterocycles. The van der Waals surface area contributed by atoms with Crippen molar-refractivity contribution in [3.05, 3.63) is 82.9 Å². The number of hydrogen-bond donors (Lipinski definition) is 1. The molecule has 2 atom stereocenters. The van der Waals surface area contributed by atoms with Crippen molar-refractivity contribution >= 4 is 23.3 Å². The predicted molar refractivity (Wildman–Crippen MR) is 135 cm³/mol. The number of para-hydroxylation sites is 1. The highest BCUT2D eigenvalue weighted by Gasteiger charge is 2.41. The third kappa shape index (κ3) is 4.43. The van der Waals surface area contributed by atoms with Crippen molar-refractivity contribution in [1.29, 1.82) is 0 Å². The van der Waals surface area contributed by atoms with Gasteiger partial charge >= 0.3 is 5.97 Å². The van der Waals surface area contributed by atoms with Crippen LogP contribution in [-0.4, -0.2) is 52.9 Å². The van der Waals surface area contributed by atoms with Crippen LogP contribution in [0.25, 0.3) is 5.69 Å². The fraction of sp³-hybridized carbons (Fsp3) is 0.346. The van der Waals surface area contributed by atoms with Crippen LogP contribution in [0.5, 0.6) is 0 Å². The molecule has 0 radical (unpaired) electrons. The number of methoxy groups -OCH3 is 2. The van der Waals surface area contributed by atoms with Crippen molar-refractivity contribution in [1.82, 2.24) is 19.8 Å². The minimum absolute atomic E-state index is 0.0514. The van der Waals surface area contributed by atoms with E-state index in [1.165, 1.54) is 7.11 Å². The minimum atomic E-state index is -0.360. The number of benzene rings is 1. The molecule has 1 aliphatic heterocycles. The highest BCUT2D eigenvalue weighted by Crippen LogP contribution is 2.41. The third-order valence-corrected chi connectivity index (χ3v) is 6.64. The van der Waals surface area contributed by atoms with Crippen LogP contribution in [0.1, 0.15) is 51.5 Å². The molecule has 0 bridgehead atoms. The molecule has 0 unspecified atom stereocenters. The van der Waals surface area contributed by atoms with E-state index in [2.05, 4.69) is 39.7 Å². The average Bonchev–Trinajstić information content (AvgIpc) is 3.34. The number of ether oxygens (including phenoxy) is 2. The Morgan fingerprint density at radius 1 is 1.15 bits per heavy atom. The molecular weight excluding hydrogens is 448 g/mol. The number of thiocarbonyl (C=S) groups is 1. The van der Waals surface area contributed by atoms with Gasteiger partial charge in [-0.1, -0.05) is 18.2 Å². The lowest BCUT2D eigenvalue weighted by atomic mass is 9.96. The van der Waals surface area contributed by atoms with E-state index in [1.54, 1.807) is 19.4 Å².